The second-order valence-electron chi connectivity index (χ2n) is 6.01. The molecule has 136 valence electrons. The normalized spacial score (nSPS) is 10.8. The van der Waals surface area contributed by atoms with Crippen LogP contribution in [0.1, 0.15) is 78.1 Å². The van der Waals surface area contributed by atoms with E-state index in [4.69, 9.17) is 14.6 Å². The highest BCUT2D eigenvalue weighted by atomic mass is 16.5. The van der Waals surface area contributed by atoms with Gasteiger partial charge >= 0.3 is 11.9 Å². The van der Waals surface area contributed by atoms with Crippen molar-refractivity contribution < 1.29 is 24.2 Å². The van der Waals surface area contributed by atoms with Gasteiger partial charge in [0.2, 0.25) is 0 Å². The largest absolute Gasteiger partial charge is 0.465 e. The average Bonchev–Trinajstić information content (AvgIpc) is 2.54. The first-order valence-electron chi connectivity index (χ1n) is 9.06. The summed E-state index contributed by atoms with van der Waals surface area (Å²) in [5.74, 6) is -0.421. The molecular weight excluding hydrogens is 296 g/mol. The number of aliphatic hydroxyl groups is 1. The van der Waals surface area contributed by atoms with Crippen LogP contribution in [0.2, 0.25) is 0 Å². The van der Waals surface area contributed by atoms with Crippen LogP contribution in [0.25, 0.3) is 0 Å². The van der Waals surface area contributed by atoms with E-state index in [1.54, 1.807) is 0 Å². The van der Waals surface area contributed by atoms with Gasteiger partial charge in [0.1, 0.15) is 0 Å². The van der Waals surface area contributed by atoms with Crippen molar-refractivity contribution in [1.82, 2.24) is 0 Å². The molecule has 0 spiro atoms. The zero-order valence-electron chi connectivity index (χ0n) is 14.8. The smallest absolute Gasteiger partial charge is 0.305 e. The van der Waals surface area contributed by atoms with Gasteiger partial charge in [-0.05, 0) is 25.7 Å². The van der Waals surface area contributed by atoms with Crippen LogP contribution in [0.3, 0.4) is 0 Å². The lowest BCUT2D eigenvalue weighted by Gasteiger charge is -2.17. The van der Waals surface area contributed by atoms with E-state index >= 15 is 0 Å². The fraction of sp³-hybridized carbons (Fsp3) is 0.889. The maximum atomic E-state index is 11.6. The predicted octanol–water partition coefficient (Wildman–Crippen LogP) is 3.62. The lowest BCUT2D eigenvalue weighted by Crippen LogP contribution is -2.21. The maximum absolute atomic E-state index is 11.6. The second-order valence-corrected chi connectivity index (χ2v) is 6.01. The lowest BCUT2D eigenvalue weighted by molar-refractivity contribution is -0.149. The van der Waals surface area contributed by atoms with Gasteiger partial charge in [0, 0.05) is 25.4 Å². The summed E-state index contributed by atoms with van der Waals surface area (Å²) >= 11 is 0. The molecule has 0 aliphatic heterocycles. The van der Waals surface area contributed by atoms with Gasteiger partial charge in [-0.1, -0.05) is 39.5 Å². The molecule has 0 aromatic carbocycles. The number of carbonyl (C=O) groups excluding carboxylic acids is 2. The molecule has 0 heterocycles. The van der Waals surface area contributed by atoms with Gasteiger partial charge in [-0.25, -0.2) is 0 Å². The molecule has 0 atom stereocenters. The van der Waals surface area contributed by atoms with Crippen molar-refractivity contribution in [2.75, 3.05) is 19.8 Å². The van der Waals surface area contributed by atoms with Crippen LogP contribution in [-0.2, 0) is 19.1 Å². The van der Waals surface area contributed by atoms with E-state index in [2.05, 4.69) is 13.8 Å². The first kappa shape index (κ1) is 21.9. The summed E-state index contributed by atoms with van der Waals surface area (Å²) in [6.45, 7) is 4.78. The number of hydrogen-bond donors (Lipinski definition) is 1. The maximum Gasteiger partial charge on any atom is 0.305 e. The molecule has 0 amide bonds. The number of hydrogen-bond acceptors (Lipinski definition) is 5. The van der Waals surface area contributed by atoms with Crippen LogP contribution < -0.4 is 0 Å². The average molecular weight is 330 g/mol. The Morgan fingerprint density at radius 3 is 1.70 bits per heavy atom. The second kappa shape index (κ2) is 15.8. The summed E-state index contributed by atoms with van der Waals surface area (Å²) in [6.07, 6.45) is 8.07. The molecule has 0 rings (SSSR count). The molecule has 0 saturated carbocycles. The Morgan fingerprint density at radius 2 is 1.30 bits per heavy atom. The Labute approximate surface area is 140 Å². The minimum absolute atomic E-state index is 0.0348. The molecular formula is C18H34O5. The molecule has 1 N–H and O–H groups in total. The van der Waals surface area contributed by atoms with Crippen LogP contribution >= 0.6 is 0 Å². The highest BCUT2D eigenvalue weighted by Gasteiger charge is 2.14. The molecule has 0 aliphatic carbocycles. The number of aliphatic hydroxyl groups excluding tert-OH is 1. The minimum atomic E-state index is -0.193. The highest BCUT2D eigenvalue weighted by Crippen LogP contribution is 2.11. The number of esters is 2. The van der Waals surface area contributed by atoms with Crippen LogP contribution in [0.15, 0.2) is 0 Å². The number of ether oxygens (including phenoxy) is 2. The lowest BCUT2D eigenvalue weighted by atomic mass is 10.1. The number of carbonyl (C=O) groups is 2. The van der Waals surface area contributed by atoms with Crippen molar-refractivity contribution in [2.24, 2.45) is 5.92 Å². The standard InChI is InChI=1S/C18H34O5/c1-3-5-7-11-17(20)22-14-16(10-9-13-19)15-23-18(21)12-8-6-4-2/h16,19H,3-15H2,1-2H3. The summed E-state index contributed by atoms with van der Waals surface area (Å²) in [7, 11) is 0. The van der Waals surface area contributed by atoms with E-state index in [9.17, 15) is 9.59 Å². The van der Waals surface area contributed by atoms with Crippen molar-refractivity contribution in [1.29, 1.82) is 0 Å². The topological polar surface area (TPSA) is 72.8 Å². The summed E-state index contributed by atoms with van der Waals surface area (Å²) in [6, 6.07) is 0. The quantitative estimate of drug-likeness (QED) is 0.367. The van der Waals surface area contributed by atoms with Crippen molar-refractivity contribution in [3.05, 3.63) is 0 Å². The van der Waals surface area contributed by atoms with E-state index in [0.717, 1.165) is 38.5 Å². The van der Waals surface area contributed by atoms with E-state index in [1.807, 2.05) is 0 Å². The Balaban J connectivity index is 4.00. The monoisotopic (exact) mass is 330 g/mol. The highest BCUT2D eigenvalue weighted by molar-refractivity contribution is 5.69. The van der Waals surface area contributed by atoms with Crippen molar-refractivity contribution in [3.8, 4) is 0 Å². The molecule has 0 aromatic heterocycles. The predicted molar refractivity (Wildman–Crippen MR) is 90.0 cm³/mol. The third-order valence-electron chi connectivity index (χ3n) is 3.70. The molecule has 0 saturated heterocycles. The summed E-state index contributed by atoms with van der Waals surface area (Å²) < 4.78 is 10.5. The molecule has 0 bridgehead atoms. The van der Waals surface area contributed by atoms with Crippen molar-refractivity contribution in [3.63, 3.8) is 0 Å². The molecule has 0 radical (unpaired) electrons. The molecule has 5 nitrogen and oxygen atoms in total. The van der Waals surface area contributed by atoms with Crippen molar-refractivity contribution >= 4 is 11.9 Å². The third-order valence-corrected chi connectivity index (χ3v) is 3.70. The van der Waals surface area contributed by atoms with Crippen molar-refractivity contribution in [2.45, 2.75) is 78.1 Å². The first-order chi connectivity index (χ1) is 11.1. The van der Waals surface area contributed by atoms with Crippen LogP contribution in [0.5, 0.6) is 0 Å². The zero-order valence-corrected chi connectivity index (χ0v) is 14.8. The fourth-order valence-electron chi connectivity index (χ4n) is 2.20. The molecule has 0 aliphatic rings. The fourth-order valence-corrected chi connectivity index (χ4v) is 2.20. The van der Waals surface area contributed by atoms with Gasteiger partial charge < -0.3 is 14.6 Å². The first-order valence-corrected chi connectivity index (χ1v) is 9.06. The zero-order chi connectivity index (χ0) is 17.3. The summed E-state index contributed by atoms with van der Waals surface area (Å²) in [5.41, 5.74) is 0. The molecule has 0 fully saturated rings. The minimum Gasteiger partial charge on any atom is -0.465 e. The van der Waals surface area contributed by atoms with E-state index < -0.39 is 0 Å². The van der Waals surface area contributed by atoms with Gasteiger partial charge in [0.05, 0.1) is 13.2 Å². The molecule has 23 heavy (non-hydrogen) atoms. The number of rotatable bonds is 15. The summed E-state index contributed by atoms with van der Waals surface area (Å²) in [4.78, 5) is 23.3. The van der Waals surface area contributed by atoms with Crippen LogP contribution in [0, 0.1) is 5.92 Å². The summed E-state index contributed by atoms with van der Waals surface area (Å²) in [5, 5.41) is 8.94. The van der Waals surface area contributed by atoms with E-state index in [0.29, 0.717) is 25.7 Å². The molecule has 0 unspecified atom stereocenters. The van der Waals surface area contributed by atoms with Crippen LogP contribution in [0.4, 0.5) is 0 Å². The van der Waals surface area contributed by atoms with Gasteiger partial charge in [-0.15, -0.1) is 0 Å². The SMILES string of the molecule is CCCCCC(=O)OCC(CCCO)COC(=O)CCCCC. The Morgan fingerprint density at radius 1 is 0.826 bits per heavy atom. The molecule has 0 aromatic rings. The van der Waals surface area contributed by atoms with Gasteiger partial charge in [0.25, 0.3) is 0 Å². The Kier molecular flexibility index (Phi) is 15.0. The molecule has 5 heteroatoms. The van der Waals surface area contributed by atoms with Gasteiger partial charge in [-0.3, -0.25) is 9.59 Å². The third kappa shape index (κ3) is 14.2. The number of unbranched alkanes of at least 4 members (excludes halogenated alkanes) is 4. The van der Waals surface area contributed by atoms with E-state index in [1.165, 1.54) is 0 Å². The van der Waals surface area contributed by atoms with Crippen LogP contribution in [-0.4, -0.2) is 36.9 Å². The van der Waals surface area contributed by atoms with Gasteiger partial charge in [0.15, 0.2) is 0 Å². The Bertz CT molecular complexity index is 278. The van der Waals surface area contributed by atoms with E-state index in [-0.39, 0.29) is 37.7 Å². The Hall–Kier alpha value is -1.10. The van der Waals surface area contributed by atoms with Gasteiger partial charge in [-0.2, -0.15) is 0 Å².